The predicted molar refractivity (Wildman–Crippen MR) is 79.3 cm³/mol. The topological polar surface area (TPSA) is 54.6 Å². The molecule has 0 radical (unpaired) electrons. The fourth-order valence-corrected chi connectivity index (χ4v) is 3.27. The van der Waals surface area contributed by atoms with Gasteiger partial charge in [0.2, 0.25) is 5.89 Å². The van der Waals surface area contributed by atoms with E-state index in [9.17, 15) is 0 Å². The molecule has 1 unspecified atom stereocenters. The minimum absolute atomic E-state index is 0.381. The summed E-state index contributed by atoms with van der Waals surface area (Å²) in [6.45, 7) is 11.6. The van der Waals surface area contributed by atoms with Gasteiger partial charge in [-0.3, -0.25) is 4.90 Å². The molecule has 1 aromatic rings. The second-order valence-corrected chi connectivity index (χ2v) is 6.27. The van der Waals surface area contributed by atoms with Crippen molar-refractivity contribution in [2.75, 3.05) is 45.9 Å². The second-order valence-electron chi connectivity index (χ2n) is 6.27. The number of piperidine rings is 1. The van der Waals surface area contributed by atoms with Gasteiger partial charge in [-0.05, 0) is 32.9 Å². The Balaban J connectivity index is 1.39. The van der Waals surface area contributed by atoms with E-state index in [4.69, 9.17) is 9.26 Å². The first-order valence-electron chi connectivity index (χ1n) is 8.07. The molecule has 1 aromatic heterocycles. The number of aryl methyl sites for hydroxylation is 1. The molecule has 0 bridgehead atoms. The van der Waals surface area contributed by atoms with E-state index in [2.05, 4.69) is 26.9 Å². The monoisotopic (exact) mass is 294 g/mol. The molecule has 6 nitrogen and oxygen atoms in total. The largest absolute Gasteiger partial charge is 0.376 e. The van der Waals surface area contributed by atoms with E-state index in [-0.39, 0.29) is 0 Å². The summed E-state index contributed by atoms with van der Waals surface area (Å²) in [5.74, 6) is 2.05. The van der Waals surface area contributed by atoms with Gasteiger partial charge in [-0.2, -0.15) is 4.98 Å². The number of hydrogen-bond donors (Lipinski definition) is 0. The first-order valence-corrected chi connectivity index (χ1v) is 8.07. The summed E-state index contributed by atoms with van der Waals surface area (Å²) in [7, 11) is 0. The Morgan fingerprint density at radius 1 is 1.14 bits per heavy atom. The lowest BCUT2D eigenvalue weighted by Gasteiger charge is -2.35. The molecule has 3 rings (SSSR count). The molecule has 1 atom stereocenters. The van der Waals surface area contributed by atoms with Crippen molar-refractivity contribution in [3.63, 3.8) is 0 Å². The summed E-state index contributed by atoms with van der Waals surface area (Å²) in [5, 5.41) is 4.07. The zero-order valence-electron chi connectivity index (χ0n) is 13.1. The third-order valence-corrected chi connectivity index (χ3v) is 4.55. The minimum Gasteiger partial charge on any atom is -0.376 e. The van der Waals surface area contributed by atoms with Crippen LogP contribution in [0, 0.1) is 6.92 Å². The van der Waals surface area contributed by atoms with Crippen molar-refractivity contribution < 1.29 is 9.26 Å². The molecular formula is C15H26N4O2. The summed E-state index contributed by atoms with van der Waals surface area (Å²) in [6.07, 6.45) is 2.66. The maximum atomic E-state index is 5.59. The summed E-state index contributed by atoms with van der Waals surface area (Å²) in [4.78, 5) is 9.44. The normalized spacial score (nSPS) is 26.3. The molecule has 118 valence electrons. The van der Waals surface area contributed by atoms with Crippen LogP contribution in [-0.4, -0.2) is 71.9 Å². The van der Waals surface area contributed by atoms with Gasteiger partial charge >= 0.3 is 0 Å². The molecule has 0 saturated carbocycles. The molecule has 0 aromatic carbocycles. The van der Waals surface area contributed by atoms with Crippen LogP contribution in [0.25, 0.3) is 0 Å². The van der Waals surface area contributed by atoms with Gasteiger partial charge in [0.25, 0.3) is 0 Å². The zero-order valence-corrected chi connectivity index (χ0v) is 13.1. The van der Waals surface area contributed by atoms with Gasteiger partial charge < -0.3 is 14.2 Å². The van der Waals surface area contributed by atoms with E-state index >= 15 is 0 Å². The van der Waals surface area contributed by atoms with Crippen LogP contribution in [0.2, 0.25) is 0 Å². The first-order chi connectivity index (χ1) is 10.2. The fourth-order valence-electron chi connectivity index (χ4n) is 3.27. The van der Waals surface area contributed by atoms with Crippen LogP contribution in [0.4, 0.5) is 0 Å². The third kappa shape index (κ3) is 4.02. The Bertz CT molecular complexity index is 443. The molecule has 2 saturated heterocycles. The number of likely N-dealkylation sites (tertiary alicyclic amines) is 1. The van der Waals surface area contributed by atoms with E-state index in [0.717, 1.165) is 64.5 Å². The summed E-state index contributed by atoms with van der Waals surface area (Å²) < 4.78 is 10.7. The van der Waals surface area contributed by atoms with Crippen molar-refractivity contribution in [3.8, 4) is 0 Å². The van der Waals surface area contributed by atoms with Crippen LogP contribution < -0.4 is 0 Å². The minimum atomic E-state index is 0.381. The van der Waals surface area contributed by atoms with Gasteiger partial charge in [0.1, 0.15) is 0 Å². The molecule has 2 aliphatic rings. The number of morpholine rings is 1. The lowest BCUT2D eigenvalue weighted by molar-refractivity contribution is -0.0211. The van der Waals surface area contributed by atoms with E-state index in [0.29, 0.717) is 17.9 Å². The van der Waals surface area contributed by atoms with E-state index in [1.165, 1.54) is 0 Å². The van der Waals surface area contributed by atoms with Crippen LogP contribution in [0.1, 0.15) is 37.4 Å². The standard InChI is InChI=1S/C15H26N4O2/c1-12-11-19(9-10-20-12)8-7-18-5-3-14(4-6-18)15-16-13(2)21-17-15/h12,14H,3-11H2,1-2H3. The molecule has 21 heavy (non-hydrogen) atoms. The highest BCUT2D eigenvalue weighted by atomic mass is 16.5. The van der Waals surface area contributed by atoms with Crippen molar-refractivity contribution in [1.82, 2.24) is 19.9 Å². The zero-order chi connectivity index (χ0) is 14.7. The number of rotatable bonds is 4. The molecule has 3 heterocycles. The van der Waals surface area contributed by atoms with E-state index in [1.54, 1.807) is 0 Å². The lowest BCUT2D eigenvalue weighted by atomic mass is 9.96. The Morgan fingerprint density at radius 3 is 2.57 bits per heavy atom. The number of aromatic nitrogens is 2. The smallest absolute Gasteiger partial charge is 0.223 e. The Hall–Kier alpha value is -0.980. The SMILES string of the molecule is Cc1nc(C2CCN(CCN3CCOC(C)C3)CC2)no1. The quantitative estimate of drug-likeness (QED) is 0.834. The third-order valence-electron chi connectivity index (χ3n) is 4.55. The molecule has 0 aliphatic carbocycles. The highest BCUT2D eigenvalue weighted by molar-refractivity contribution is 4.97. The summed E-state index contributed by atoms with van der Waals surface area (Å²) >= 11 is 0. The van der Waals surface area contributed by atoms with Crippen LogP contribution in [0.3, 0.4) is 0 Å². The molecular weight excluding hydrogens is 268 g/mol. The first kappa shape index (κ1) is 14.9. The van der Waals surface area contributed by atoms with Gasteiger partial charge in [0.05, 0.1) is 12.7 Å². The van der Waals surface area contributed by atoms with Crippen molar-refractivity contribution in [1.29, 1.82) is 0 Å². The molecule has 0 spiro atoms. The van der Waals surface area contributed by atoms with Crippen LogP contribution >= 0.6 is 0 Å². The van der Waals surface area contributed by atoms with E-state index < -0.39 is 0 Å². The lowest BCUT2D eigenvalue weighted by Crippen LogP contribution is -2.45. The molecule has 0 N–H and O–H groups in total. The molecule has 2 fully saturated rings. The van der Waals surface area contributed by atoms with Crippen molar-refractivity contribution in [2.24, 2.45) is 0 Å². The number of ether oxygens (including phenoxy) is 1. The van der Waals surface area contributed by atoms with Crippen LogP contribution in [-0.2, 0) is 4.74 Å². The maximum absolute atomic E-state index is 5.59. The Morgan fingerprint density at radius 2 is 1.90 bits per heavy atom. The second kappa shape index (κ2) is 6.85. The molecule has 6 heteroatoms. The number of hydrogen-bond acceptors (Lipinski definition) is 6. The van der Waals surface area contributed by atoms with Gasteiger partial charge in [0.15, 0.2) is 5.82 Å². The molecule has 0 amide bonds. The van der Waals surface area contributed by atoms with Gasteiger partial charge in [0, 0.05) is 39.0 Å². The van der Waals surface area contributed by atoms with Gasteiger partial charge in [-0.25, -0.2) is 0 Å². The average Bonchev–Trinajstić information content (AvgIpc) is 2.92. The summed E-state index contributed by atoms with van der Waals surface area (Å²) in [5.41, 5.74) is 0. The summed E-state index contributed by atoms with van der Waals surface area (Å²) in [6, 6.07) is 0. The van der Waals surface area contributed by atoms with Gasteiger partial charge in [-0.1, -0.05) is 5.16 Å². The van der Waals surface area contributed by atoms with Crippen LogP contribution in [0.15, 0.2) is 4.52 Å². The van der Waals surface area contributed by atoms with Crippen molar-refractivity contribution in [3.05, 3.63) is 11.7 Å². The van der Waals surface area contributed by atoms with Crippen LogP contribution in [0.5, 0.6) is 0 Å². The highest BCUT2D eigenvalue weighted by Crippen LogP contribution is 2.25. The van der Waals surface area contributed by atoms with Crippen molar-refractivity contribution >= 4 is 0 Å². The maximum Gasteiger partial charge on any atom is 0.223 e. The fraction of sp³-hybridized carbons (Fsp3) is 0.867. The average molecular weight is 294 g/mol. The van der Waals surface area contributed by atoms with Gasteiger partial charge in [-0.15, -0.1) is 0 Å². The number of nitrogens with zero attached hydrogens (tertiary/aromatic N) is 4. The highest BCUT2D eigenvalue weighted by Gasteiger charge is 2.24. The predicted octanol–water partition coefficient (Wildman–Crippen LogP) is 1.28. The van der Waals surface area contributed by atoms with Crippen molar-refractivity contribution in [2.45, 2.75) is 38.7 Å². The van der Waals surface area contributed by atoms with E-state index in [1.807, 2.05) is 6.92 Å². The Kier molecular flexibility index (Phi) is 4.87. The Labute approximate surface area is 126 Å². The molecule has 2 aliphatic heterocycles.